The molecule has 1 amide bonds. The van der Waals surface area contributed by atoms with Crippen molar-refractivity contribution in [1.82, 2.24) is 5.32 Å². The number of amides is 1. The fraction of sp³-hybridized carbons (Fsp3) is 0.841. The van der Waals surface area contributed by atoms with Crippen molar-refractivity contribution in [3.05, 3.63) is 60.8 Å². The minimum absolute atomic E-state index is 0.171. The van der Waals surface area contributed by atoms with Crippen molar-refractivity contribution in [3.63, 3.8) is 0 Å². The number of nitrogens with one attached hydrogen (secondary N) is 1. The van der Waals surface area contributed by atoms with E-state index in [9.17, 15) is 30.3 Å². The van der Waals surface area contributed by atoms with Crippen LogP contribution in [0.25, 0.3) is 0 Å². The van der Waals surface area contributed by atoms with E-state index >= 15 is 0 Å². The van der Waals surface area contributed by atoms with Crippen molar-refractivity contribution in [2.24, 2.45) is 0 Å². The fourth-order valence-corrected chi connectivity index (χ4v) is 10.6. The van der Waals surface area contributed by atoms with Gasteiger partial charge in [0, 0.05) is 6.42 Å². The van der Waals surface area contributed by atoms with Crippen LogP contribution < -0.4 is 5.32 Å². The Morgan fingerprint density at radius 2 is 0.795 bits per heavy atom. The van der Waals surface area contributed by atoms with Crippen molar-refractivity contribution >= 4 is 5.91 Å². The van der Waals surface area contributed by atoms with Gasteiger partial charge in [-0.25, -0.2) is 0 Å². The topological polar surface area (TPSA) is 149 Å². The van der Waals surface area contributed by atoms with Gasteiger partial charge in [0.2, 0.25) is 5.91 Å². The maximum Gasteiger partial charge on any atom is 0.220 e. The first-order valence-electron chi connectivity index (χ1n) is 33.5. The molecule has 1 fully saturated rings. The molecule has 1 rings (SSSR count). The molecule has 0 radical (unpaired) electrons. The lowest BCUT2D eigenvalue weighted by Crippen LogP contribution is -2.60. The molecule has 7 unspecified atom stereocenters. The minimum atomic E-state index is -1.57. The molecule has 0 saturated carbocycles. The maximum atomic E-state index is 13.1. The third-order valence-corrected chi connectivity index (χ3v) is 15.8. The predicted octanol–water partition coefficient (Wildman–Crippen LogP) is 17.8. The molecule has 0 aromatic carbocycles. The smallest absolute Gasteiger partial charge is 0.220 e. The third-order valence-electron chi connectivity index (χ3n) is 15.8. The summed E-state index contributed by atoms with van der Waals surface area (Å²) in [7, 11) is 0. The predicted molar refractivity (Wildman–Crippen MR) is 332 cm³/mol. The molecule has 9 heteroatoms. The van der Waals surface area contributed by atoms with E-state index in [1.807, 2.05) is 6.08 Å². The molecule has 78 heavy (non-hydrogen) atoms. The van der Waals surface area contributed by atoms with Crippen molar-refractivity contribution < 1.29 is 39.8 Å². The number of carbonyl (C=O) groups excluding carboxylic acids is 1. The van der Waals surface area contributed by atoms with Crippen LogP contribution >= 0.6 is 0 Å². The number of carbonyl (C=O) groups is 1. The van der Waals surface area contributed by atoms with Gasteiger partial charge in [-0.2, -0.15) is 0 Å². The summed E-state index contributed by atoms with van der Waals surface area (Å²) in [5.74, 6) is -0.171. The van der Waals surface area contributed by atoms with Crippen molar-refractivity contribution in [2.75, 3.05) is 13.2 Å². The lowest BCUT2D eigenvalue weighted by atomic mass is 9.99. The molecular formula is C69H127NO8. The molecule has 456 valence electrons. The van der Waals surface area contributed by atoms with Crippen LogP contribution in [0.5, 0.6) is 0 Å². The molecule has 0 bridgehead atoms. The summed E-state index contributed by atoms with van der Waals surface area (Å²) in [6.45, 7) is 3.70. The number of aliphatic hydroxyl groups is 5. The zero-order valence-corrected chi connectivity index (χ0v) is 50.9. The van der Waals surface area contributed by atoms with E-state index in [-0.39, 0.29) is 12.5 Å². The normalized spacial score (nSPS) is 19.0. The second-order valence-electron chi connectivity index (χ2n) is 23.2. The van der Waals surface area contributed by atoms with Crippen LogP contribution in [0.2, 0.25) is 0 Å². The Labute approximate surface area is 481 Å². The molecule has 1 saturated heterocycles. The molecule has 0 aromatic rings. The molecular weight excluding hydrogens is 971 g/mol. The van der Waals surface area contributed by atoms with E-state index in [1.165, 1.54) is 231 Å². The number of hydrogen-bond acceptors (Lipinski definition) is 8. The minimum Gasteiger partial charge on any atom is -0.394 e. The second kappa shape index (κ2) is 58.1. The lowest BCUT2D eigenvalue weighted by Gasteiger charge is -2.40. The first-order valence-corrected chi connectivity index (χ1v) is 33.5. The highest BCUT2D eigenvalue weighted by molar-refractivity contribution is 5.76. The monoisotopic (exact) mass is 1100 g/mol. The van der Waals surface area contributed by atoms with E-state index in [4.69, 9.17) is 9.47 Å². The number of ether oxygens (including phenoxy) is 2. The lowest BCUT2D eigenvalue weighted by molar-refractivity contribution is -0.302. The summed E-state index contributed by atoms with van der Waals surface area (Å²) in [6, 6.07) is -0.805. The first-order chi connectivity index (χ1) is 38.3. The van der Waals surface area contributed by atoms with Gasteiger partial charge in [0.25, 0.3) is 0 Å². The van der Waals surface area contributed by atoms with Crippen LogP contribution in [0.15, 0.2) is 60.8 Å². The molecule has 0 aromatic heterocycles. The van der Waals surface area contributed by atoms with Gasteiger partial charge in [-0.05, 0) is 57.8 Å². The molecule has 1 heterocycles. The highest BCUT2D eigenvalue weighted by Crippen LogP contribution is 2.23. The summed E-state index contributed by atoms with van der Waals surface area (Å²) >= 11 is 0. The van der Waals surface area contributed by atoms with E-state index in [2.05, 4.69) is 67.8 Å². The summed E-state index contributed by atoms with van der Waals surface area (Å²) in [5, 5.41) is 54.6. The Kier molecular flexibility index (Phi) is 55.0. The summed E-state index contributed by atoms with van der Waals surface area (Å²) in [6.07, 6.45) is 73.2. The van der Waals surface area contributed by atoms with Gasteiger partial charge < -0.3 is 40.3 Å². The van der Waals surface area contributed by atoms with Gasteiger partial charge in [0.15, 0.2) is 6.29 Å². The third kappa shape index (κ3) is 46.5. The molecule has 9 nitrogen and oxygen atoms in total. The Balaban J connectivity index is 2.08. The zero-order valence-electron chi connectivity index (χ0n) is 50.9. The Morgan fingerprint density at radius 1 is 0.449 bits per heavy atom. The molecule has 0 spiro atoms. The number of unbranched alkanes of at least 4 members (excludes halogenated alkanes) is 40. The van der Waals surface area contributed by atoms with Crippen LogP contribution in [0.4, 0.5) is 0 Å². The van der Waals surface area contributed by atoms with E-state index in [0.29, 0.717) is 6.42 Å². The van der Waals surface area contributed by atoms with Gasteiger partial charge in [0.1, 0.15) is 24.4 Å². The Bertz CT molecular complexity index is 1410. The average molecular weight is 1100 g/mol. The quantitative estimate of drug-likeness (QED) is 0.0261. The Hall–Kier alpha value is -2.11. The summed E-state index contributed by atoms with van der Waals surface area (Å²) in [5.41, 5.74) is 0. The molecule has 0 aliphatic carbocycles. The van der Waals surface area contributed by atoms with Crippen LogP contribution in [0, 0.1) is 0 Å². The van der Waals surface area contributed by atoms with Gasteiger partial charge in [-0.3, -0.25) is 4.79 Å². The second-order valence-corrected chi connectivity index (χ2v) is 23.2. The van der Waals surface area contributed by atoms with Crippen LogP contribution in [0.1, 0.15) is 316 Å². The van der Waals surface area contributed by atoms with Crippen LogP contribution in [0.3, 0.4) is 0 Å². The van der Waals surface area contributed by atoms with Crippen LogP contribution in [-0.4, -0.2) is 87.5 Å². The molecule has 1 aliphatic rings. The molecule has 6 N–H and O–H groups in total. The number of aliphatic hydroxyl groups excluding tert-OH is 5. The van der Waals surface area contributed by atoms with E-state index in [1.54, 1.807) is 6.08 Å². The highest BCUT2D eigenvalue weighted by atomic mass is 16.7. The molecule has 1 aliphatic heterocycles. The first kappa shape index (κ1) is 73.9. The Morgan fingerprint density at radius 3 is 1.18 bits per heavy atom. The standard InChI is InChI=1S/C69H127NO8/c1-3-5-7-9-11-13-15-17-19-21-23-24-25-26-27-28-29-30-31-32-33-34-35-36-37-38-39-40-41-43-45-47-49-51-53-55-57-59-65(73)70-62(61-77-69-68(76)67(75)66(74)64(60-71)78-69)63(72)58-56-54-52-50-48-46-44-42-22-20-18-16-14-12-10-8-6-4-2/h5,7,11,13,17,19,23-24,56,58,62-64,66-69,71-72,74-76H,3-4,6,8-10,12,14-16,18,20-22,25-55,57,59-61H2,1-2H3,(H,70,73)/b7-5-,13-11-,19-17-,24-23-,58-56+. The van der Waals surface area contributed by atoms with Crippen molar-refractivity contribution in [3.8, 4) is 0 Å². The van der Waals surface area contributed by atoms with E-state index < -0.39 is 49.5 Å². The van der Waals surface area contributed by atoms with E-state index in [0.717, 1.165) is 64.2 Å². The van der Waals surface area contributed by atoms with Gasteiger partial charge >= 0.3 is 0 Å². The van der Waals surface area contributed by atoms with Gasteiger partial charge in [-0.1, -0.05) is 312 Å². The summed E-state index contributed by atoms with van der Waals surface area (Å²) in [4.78, 5) is 13.1. The fourth-order valence-electron chi connectivity index (χ4n) is 10.6. The van der Waals surface area contributed by atoms with Gasteiger partial charge in [0.05, 0.1) is 25.4 Å². The maximum absolute atomic E-state index is 13.1. The molecule has 7 atom stereocenters. The highest BCUT2D eigenvalue weighted by Gasteiger charge is 2.44. The number of rotatable bonds is 58. The largest absolute Gasteiger partial charge is 0.394 e. The van der Waals surface area contributed by atoms with Crippen molar-refractivity contribution in [2.45, 2.75) is 358 Å². The SMILES string of the molecule is CC/C=C\C/C=C\C/C=C\C/C=C\CCCCCCCCCCCCCCCCCCCCCCCCCCC(=O)NC(COC1OC(CO)C(O)C(O)C1O)C(O)/C=C/CCCCCCCCCCCCCCCCCC. The van der Waals surface area contributed by atoms with Crippen molar-refractivity contribution in [1.29, 1.82) is 0 Å². The number of hydrogen-bond donors (Lipinski definition) is 6. The number of allylic oxidation sites excluding steroid dienone is 9. The van der Waals surface area contributed by atoms with Gasteiger partial charge in [-0.15, -0.1) is 0 Å². The van der Waals surface area contributed by atoms with Crippen LogP contribution in [-0.2, 0) is 14.3 Å². The average Bonchev–Trinajstić information content (AvgIpc) is 3.45. The zero-order chi connectivity index (χ0) is 56.5. The summed E-state index contributed by atoms with van der Waals surface area (Å²) < 4.78 is 11.3.